The summed E-state index contributed by atoms with van der Waals surface area (Å²) in [6, 6.07) is 4.10. The molecule has 4 heteroatoms. The maximum atomic E-state index is 12.9. The molecular weight excluding hydrogens is 322 g/mol. The summed E-state index contributed by atoms with van der Waals surface area (Å²) in [5.74, 6) is 0.419. The van der Waals surface area contributed by atoms with E-state index in [0.29, 0.717) is 12.2 Å². The van der Waals surface area contributed by atoms with E-state index < -0.39 is 0 Å². The summed E-state index contributed by atoms with van der Waals surface area (Å²) >= 11 is 5.15. The molecule has 19 heavy (non-hydrogen) atoms. The second-order valence-electron chi connectivity index (χ2n) is 5.22. The van der Waals surface area contributed by atoms with Crippen LogP contribution in [0.2, 0.25) is 0 Å². The van der Waals surface area contributed by atoms with Crippen molar-refractivity contribution in [2.45, 2.75) is 51.5 Å². The van der Waals surface area contributed by atoms with E-state index in [1.807, 2.05) is 6.07 Å². The Hall–Kier alpha value is -0.190. The molecule has 0 radical (unpaired) electrons. The molecule has 2 rings (SSSR count). The van der Waals surface area contributed by atoms with Gasteiger partial charge in [0.25, 0.3) is 0 Å². The van der Waals surface area contributed by atoms with Crippen molar-refractivity contribution >= 4 is 33.0 Å². The van der Waals surface area contributed by atoms with Crippen molar-refractivity contribution in [3.63, 3.8) is 0 Å². The van der Waals surface area contributed by atoms with Crippen LogP contribution in [0.5, 0.6) is 0 Å². The van der Waals surface area contributed by atoms with Crippen LogP contribution in [0.1, 0.15) is 44.4 Å². The van der Waals surface area contributed by atoms with Crippen molar-refractivity contribution < 1.29 is 4.79 Å². The summed E-state index contributed by atoms with van der Waals surface area (Å²) in [6.45, 7) is 6.27. The predicted molar refractivity (Wildman–Crippen MR) is 84.9 cm³/mol. The number of likely N-dealkylation sites (N-methyl/N-ethyl adjacent to an activating group) is 1. The average Bonchev–Trinajstić information content (AvgIpc) is 3.01. The van der Waals surface area contributed by atoms with Gasteiger partial charge in [-0.3, -0.25) is 9.69 Å². The number of nitrogens with zero attached hydrogens (tertiary/aromatic N) is 1. The average molecular weight is 344 g/mol. The monoisotopic (exact) mass is 343 g/mol. The standard InChI is InChI=1S/C15H22BrNOS/c1-3-17(4-2)15(9-5-6-10-15)13(18)11-12-7-8-14(16)19-12/h7-8H,3-6,9-11H2,1-2H3. The van der Waals surface area contributed by atoms with Gasteiger partial charge >= 0.3 is 0 Å². The van der Waals surface area contributed by atoms with Gasteiger partial charge in [-0.05, 0) is 54.0 Å². The Labute approximate surface area is 128 Å². The number of rotatable bonds is 6. The molecule has 1 aromatic rings. The fraction of sp³-hybridized carbons (Fsp3) is 0.667. The third-order valence-electron chi connectivity index (χ3n) is 4.28. The van der Waals surface area contributed by atoms with Crippen molar-refractivity contribution in [1.82, 2.24) is 4.90 Å². The lowest BCUT2D eigenvalue weighted by Crippen LogP contribution is -2.53. The quantitative estimate of drug-likeness (QED) is 0.768. The molecule has 0 spiro atoms. The van der Waals surface area contributed by atoms with E-state index in [0.717, 1.165) is 29.7 Å². The van der Waals surface area contributed by atoms with E-state index in [9.17, 15) is 4.79 Å². The summed E-state index contributed by atoms with van der Waals surface area (Å²) in [5, 5.41) is 0. The molecule has 0 amide bonds. The zero-order valence-electron chi connectivity index (χ0n) is 11.7. The number of Topliss-reactive ketones (excluding diaryl/α,β-unsaturated/α-hetero) is 1. The van der Waals surface area contributed by atoms with Crippen LogP contribution >= 0.6 is 27.3 Å². The summed E-state index contributed by atoms with van der Waals surface area (Å²) in [5.41, 5.74) is -0.181. The highest BCUT2D eigenvalue weighted by Gasteiger charge is 2.44. The molecule has 0 bridgehead atoms. The Morgan fingerprint density at radius 2 is 1.95 bits per heavy atom. The van der Waals surface area contributed by atoms with Crippen LogP contribution in [0.25, 0.3) is 0 Å². The van der Waals surface area contributed by atoms with Crippen LogP contribution in [0.4, 0.5) is 0 Å². The fourth-order valence-corrected chi connectivity index (χ4v) is 4.81. The number of hydrogen-bond donors (Lipinski definition) is 0. The Morgan fingerprint density at radius 3 is 2.42 bits per heavy atom. The van der Waals surface area contributed by atoms with Crippen molar-refractivity contribution in [3.05, 3.63) is 20.8 Å². The number of ketones is 1. The fourth-order valence-electron chi connectivity index (χ4n) is 3.33. The summed E-state index contributed by atoms with van der Waals surface area (Å²) in [4.78, 5) is 16.4. The molecule has 2 nitrogen and oxygen atoms in total. The molecule has 1 aliphatic carbocycles. The van der Waals surface area contributed by atoms with Gasteiger partial charge in [0.15, 0.2) is 5.78 Å². The van der Waals surface area contributed by atoms with Crippen LogP contribution in [0.3, 0.4) is 0 Å². The van der Waals surface area contributed by atoms with Gasteiger partial charge in [0.05, 0.1) is 9.33 Å². The van der Waals surface area contributed by atoms with E-state index >= 15 is 0 Å². The van der Waals surface area contributed by atoms with E-state index in [2.05, 4.69) is 40.7 Å². The summed E-state index contributed by atoms with van der Waals surface area (Å²) < 4.78 is 1.11. The highest BCUT2D eigenvalue weighted by atomic mass is 79.9. The Morgan fingerprint density at radius 1 is 1.32 bits per heavy atom. The molecule has 0 aromatic carbocycles. The molecular formula is C15H22BrNOS. The minimum Gasteiger partial charge on any atom is -0.297 e. The first kappa shape index (κ1) is 15.2. The van der Waals surface area contributed by atoms with Gasteiger partial charge in [-0.15, -0.1) is 11.3 Å². The molecule has 0 N–H and O–H groups in total. The maximum Gasteiger partial charge on any atom is 0.158 e. The molecule has 0 atom stereocenters. The topological polar surface area (TPSA) is 20.3 Å². The first-order valence-electron chi connectivity index (χ1n) is 7.15. The van der Waals surface area contributed by atoms with Gasteiger partial charge < -0.3 is 0 Å². The van der Waals surface area contributed by atoms with Gasteiger partial charge in [0.2, 0.25) is 0 Å². The zero-order valence-corrected chi connectivity index (χ0v) is 14.1. The lowest BCUT2D eigenvalue weighted by Gasteiger charge is -2.39. The van der Waals surface area contributed by atoms with Gasteiger partial charge in [-0.25, -0.2) is 0 Å². The van der Waals surface area contributed by atoms with E-state index in [-0.39, 0.29) is 5.54 Å². The molecule has 1 aliphatic rings. The summed E-state index contributed by atoms with van der Waals surface area (Å²) in [6.07, 6.45) is 5.06. The number of carbonyl (C=O) groups excluding carboxylic acids is 1. The third-order valence-corrected chi connectivity index (χ3v) is 5.91. The molecule has 0 aliphatic heterocycles. The van der Waals surface area contributed by atoms with Crippen LogP contribution in [0, 0.1) is 0 Å². The maximum absolute atomic E-state index is 12.9. The van der Waals surface area contributed by atoms with Crippen molar-refractivity contribution in [3.8, 4) is 0 Å². The summed E-state index contributed by atoms with van der Waals surface area (Å²) in [7, 11) is 0. The Kier molecular flexibility index (Phi) is 5.21. The van der Waals surface area contributed by atoms with Gasteiger partial charge in [-0.1, -0.05) is 26.7 Å². The molecule has 1 saturated carbocycles. The van der Waals surface area contributed by atoms with Crippen LogP contribution in [-0.4, -0.2) is 29.3 Å². The molecule has 1 aromatic heterocycles. The minimum atomic E-state index is -0.181. The highest BCUT2D eigenvalue weighted by molar-refractivity contribution is 9.11. The Bertz CT molecular complexity index is 433. The number of thiophene rings is 1. The van der Waals surface area contributed by atoms with Gasteiger partial charge in [-0.2, -0.15) is 0 Å². The van der Waals surface area contributed by atoms with E-state index in [1.165, 1.54) is 17.7 Å². The first-order chi connectivity index (χ1) is 9.12. The van der Waals surface area contributed by atoms with E-state index in [4.69, 9.17) is 0 Å². The number of hydrogen-bond acceptors (Lipinski definition) is 3. The molecule has 1 fully saturated rings. The highest BCUT2D eigenvalue weighted by Crippen LogP contribution is 2.37. The first-order valence-corrected chi connectivity index (χ1v) is 8.76. The lowest BCUT2D eigenvalue weighted by molar-refractivity contribution is -0.130. The van der Waals surface area contributed by atoms with Crippen molar-refractivity contribution in [2.24, 2.45) is 0 Å². The molecule has 0 saturated heterocycles. The SMILES string of the molecule is CCN(CC)C1(C(=O)Cc2ccc(Br)s2)CCCC1. The second kappa shape index (κ2) is 6.51. The number of carbonyl (C=O) groups is 1. The van der Waals surface area contributed by atoms with Crippen LogP contribution in [0.15, 0.2) is 15.9 Å². The number of halogens is 1. The lowest BCUT2D eigenvalue weighted by atomic mass is 9.87. The molecule has 0 unspecified atom stereocenters. The normalized spacial score (nSPS) is 18.1. The largest absolute Gasteiger partial charge is 0.297 e. The smallest absolute Gasteiger partial charge is 0.158 e. The van der Waals surface area contributed by atoms with Crippen molar-refractivity contribution in [2.75, 3.05) is 13.1 Å². The zero-order chi connectivity index (χ0) is 13.9. The van der Waals surface area contributed by atoms with Gasteiger partial charge in [0.1, 0.15) is 0 Å². The second-order valence-corrected chi connectivity index (χ2v) is 7.76. The molecule has 106 valence electrons. The van der Waals surface area contributed by atoms with Crippen LogP contribution < -0.4 is 0 Å². The third kappa shape index (κ3) is 3.11. The Balaban J connectivity index is 2.16. The minimum absolute atomic E-state index is 0.181. The van der Waals surface area contributed by atoms with Crippen molar-refractivity contribution in [1.29, 1.82) is 0 Å². The van der Waals surface area contributed by atoms with E-state index in [1.54, 1.807) is 11.3 Å². The van der Waals surface area contributed by atoms with Gasteiger partial charge in [0, 0.05) is 11.3 Å². The van der Waals surface area contributed by atoms with Crippen LogP contribution in [-0.2, 0) is 11.2 Å². The predicted octanol–water partition coefficient (Wildman–Crippen LogP) is 4.28. The molecule has 1 heterocycles.